The number of anilines is 1. The number of aromatic nitrogens is 1. The van der Waals surface area contributed by atoms with Gasteiger partial charge in [0.05, 0.1) is 18.3 Å². The molecule has 3 atom stereocenters. The van der Waals surface area contributed by atoms with E-state index in [0.29, 0.717) is 24.5 Å². The minimum atomic E-state index is -0.344. The molecule has 3 aliphatic rings. The lowest BCUT2D eigenvalue weighted by Crippen LogP contribution is -2.47. The number of amides is 1. The van der Waals surface area contributed by atoms with Crippen LogP contribution in [-0.2, 0) is 24.4 Å². The Hall–Kier alpha value is -1.48. The highest BCUT2D eigenvalue weighted by atomic mass is 16.7. The van der Waals surface area contributed by atoms with Gasteiger partial charge in [0.25, 0.3) is 0 Å². The fourth-order valence-corrected chi connectivity index (χ4v) is 4.83. The first-order valence-electron chi connectivity index (χ1n) is 11.8. The van der Waals surface area contributed by atoms with E-state index in [1.165, 1.54) is 0 Å². The number of nitrogens with zero attached hydrogens (tertiary/aromatic N) is 2. The highest BCUT2D eigenvalue weighted by molar-refractivity contribution is 5.94. The zero-order valence-electron chi connectivity index (χ0n) is 19.1. The Labute approximate surface area is 184 Å². The number of rotatable bonds is 7. The van der Waals surface area contributed by atoms with Gasteiger partial charge in [-0.3, -0.25) is 15.0 Å². The SMILES string of the molecule is CC1CC(C(=O)Nc2cc(C(C)(C)COC3CCCCO3)no2)N(C2CCOCC2)C1. The van der Waals surface area contributed by atoms with Gasteiger partial charge in [-0.1, -0.05) is 25.9 Å². The van der Waals surface area contributed by atoms with Crippen LogP contribution in [0.3, 0.4) is 0 Å². The number of likely N-dealkylation sites (tertiary alicyclic amines) is 1. The molecule has 3 unspecified atom stereocenters. The lowest BCUT2D eigenvalue weighted by molar-refractivity contribution is -0.170. The minimum absolute atomic E-state index is 0.0109. The molecule has 8 nitrogen and oxygen atoms in total. The van der Waals surface area contributed by atoms with Gasteiger partial charge in [0.2, 0.25) is 11.8 Å². The number of hydrogen-bond acceptors (Lipinski definition) is 7. The summed E-state index contributed by atoms with van der Waals surface area (Å²) < 4.78 is 22.6. The molecule has 0 radical (unpaired) electrons. The summed E-state index contributed by atoms with van der Waals surface area (Å²) in [6.45, 7) is 10.1. The molecule has 0 aromatic carbocycles. The van der Waals surface area contributed by atoms with Crippen LogP contribution in [0, 0.1) is 5.92 Å². The largest absolute Gasteiger partial charge is 0.381 e. The van der Waals surface area contributed by atoms with Gasteiger partial charge in [-0.15, -0.1) is 0 Å². The molecule has 0 saturated carbocycles. The fourth-order valence-electron chi connectivity index (χ4n) is 4.83. The molecule has 1 aromatic rings. The van der Waals surface area contributed by atoms with Crippen LogP contribution in [0.15, 0.2) is 10.6 Å². The quantitative estimate of drug-likeness (QED) is 0.703. The zero-order valence-corrected chi connectivity index (χ0v) is 19.1. The van der Waals surface area contributed by atoms with E-state index in [1.54, 1.807) is 0 Å². The van der Waals surface area contributed by atoms with Gasteiger partial charge < -0.3 is 18.7 Å². The van der Waals surface area contributed by atoms with Crippen molar-refractivity contribution in [1.29, 1.82) is 0 Å². The van der Waals surface area contributed by atoms with E-state index in [-0.39, 0.29) is 23.7 Å². The summed E-state index contributed by atoms with van der Waals surface area (Å²) in [4.78, 5) is 15.5. The van der Waals surface area contributed by atoms with Gasteiger partial charge in [0.15, 0.2) is 6.29 Å². The summed E-state index contributed by atoms with van der Waals surface area (Å²) in [6, 6.07) is 2.10. The number of hydrogen-bond donors (Lipinski definition) is 1. The lowest BCUT2D eigenvalue weighted by Gasteiger charge is -2.34. The average Bonchev–Trinajstić information content (AvgIpc) is 3.41. The molecule has 1 aromatic heterocycles. The lowest BCUT2D eigenvalue weighted by atomic mass is 9.90. The molecule has 3 saturated heterocycles. The van der Waals surface area contributed by atoms with Gasteiger partial charge in [-0.25, -0.2) is 0 Å². The Morgan fingerprint density at radius 1 is 1.26 bits per heavy atom. The Kier molecular flexibility index (Phi) is 7.31. The van der Waals surface area contributed by atoms with Crippen molar-refractivity contribution in [2.24, 2.45) is 5.92 Å². The van der Waals surface area contributed by atoms with E-state index in [1.807, 2.05) is 6.07 Å². The second kappa shape index (κ2) is 9.98. The normalized spacial score (nSPS) is 28.7. The summed E-state index contributed by atoms with van der Waals surface area (Å²) in [6.07, 6.45) is 5.87. The van der Waals surface area contributed by atoms with Crippen LogP contribution >= 0.6 is 0 Å². The second-order valence-corrected chi connectivity index (χ2v) is 9.95. The summed E-state index contributed by atoms with van der Waals surface area (Å²) >= 11 is 0. The van der Waals surface area contributed by atoms with Crippen molar-refractivity contribution in [1.82, 2.24) is 10.1 Å². The monoisotopic (exact) mass is 435 g/mol. The first-order chi connectivity index (χ1) is 14.9. The molecule has 3 fully saturated rings. The maximum Gasteiger partial charge on any atom is 0.244 e. The van der Waals surface area contributed by atoms with E-state index in [2.05, 4.69) is 36.1 Å². The van der Waals surface area contributed by atoms with E-state index >= 15 is 0 Å². The molecule has 0 bridgehead atoms. The molecular weight excluding hydrogens is 398 g/mol. The Balaban J connectivity index is 1.34. The number of carbonyl (C=O) groups excluding carboxylic acids is 1. The molecule has 1 amide bonds. The van der Waals surface area contributed by atoms with E-state index in [9.17, 15) is 4.79 Å². The molecule has 0 aliphatic carbocycles. The molecule has 0 spiro atoms. The predicted octanol–water partition coefficient (Wildman–Crippen LogP) is 3.32. The highest BCUT2D eigenvalue weighted by Gasteiger charge is 2.39. The summed E-state index contributed by atoms with van der Waals surface area (Å²) in [7, 11) is 0. The zero-order chi connectivity index (χ0) is 21.8. The van der Waals surface area contributed by atoms with Crippen LogP contribution in [0.2, 0.25) is 0 Å². The predicted molar refractivity (Wildman–Crippen MR) is 116 cm³/mol. The van der Waals surface area contributed by atoms with Gasteiger partial charge in [0, 0.05) is 43.9 Å². The third-order valence-corrected chi connectivity index (χ3v) is 6.73. The number of nitrogens with one attached hydrogen (secondary N) is 1. The van der Waals surface area contributed by atoms with Gasteiger partial charge >= 0.3 is 0 Å². The summed E-state index contributed by atoms with van der Waals surface area (Å²) in [5, 5.41) is 7.18. The smallest absolute Gasteiger partial charge is 0.244 e. The van der Waals surface area contributed by atoms with Crippen molar-refractivity contribution >= 4 is 11.8 Å². The van der Waals surface area contributed by atoms with Gasteiger partial charge in [-0.05, 0) is 44.4 Å². The molecule has 3 aliphatic heterocycles. The van der Waals surface area contributed by atoms with Gasteiger partial charge in [0.1, 0.15) is 0 Å². The number of carbonyl (C=O) groups is 1. The van der Waals surface area contributed by atoms with Crippen molar-refractivity contribution < 1.29 is 23.5 Å². The van der Waals surface area contributed by atoms with Crippen molar-refractivity contribution in [2.75, 3.05) is 38.3 Å². The average molecular weight is 436 g/mol. The Morgan fingerprint density at radius 3 is 2.81 bits per heavy atom. The van der Waals surface area contributed by atoms with Gasteiger partial charge in [-0.2, -0.15) is 0 Å². The van der Waals surface area contributed by atoms with Crippen molar-refractivity contribution in [2.45, 2.75) is 83.1 Å². The molecule has 31 heavy (non-hydrogen) atoms. The van der Waals surface area contributed by atoms with Crippen LogP contribution < -0.4 is 5.32 Å². The first-order valence-corrected chi connectivity index (χ1v) is 11.8. The van der Waals surface area contributed by atoms with E-state index in [0.717, 1.165) is 70.6 Å². The molecule has 4 heterocycles. The topological polar surface area (TPSA) is 86.1 Å². The van der Waals surface area contributed by atoms with Crippen molar-refractivity contribution in [3.8, 4) is 0 Å². The molecule has 4 rings (SSSR count). The molecule has 1 N–H and O–H groups in total. The van der Waals surface area contributed by atoms with E-state index in [4.69, 9.17) is 18.7 Å². The molecule has 8 heteroatoms. The highest BCUT2D eigenvalue weighted by Crippen LogP contribution is 2.31. The van der Waals surface area contributed by atoms with Crippen LogP contribution in [0.5, 0.6) is 0 Å². The summed E-state index contributed by atoms with van der Waals surface area (Å²) in [5.74, 6) is 0.888. The Bertz CT molecular complexity index is 725. The Morgan fingerprint density at radius 2 is 2.06 bits per heavy atom. The van der Waals surface area contributed by atoms with Crippen molar-refractivity contribution in [3.63, 3.8) is 0 Å². The van der Waals surface area contributed by atoms with Crippen LogP contribution in [0.4, 0.5) is 5.88 Å². The van der Waals surface area contributed by atoms with Crippen LogP contribution in [0.1, 0.15) is 65.0 Å². The first kappa shape index (κ1) is 22.7. The maximum absolute atomic E-state index is 13.1. The number of ether oxygens (including phenoxy) is 3. The maximum atomic E-state index is 13.1. The van der Waals surface area contributed by atoms with Crippen molar-refractivity contribution in [3.05, 3.63) is 11.8 Å². The van der Waals surface area contributed by atoms with Crippen LogP contribution in [0.25, 0.3) is 0 Å². The van der Waals surface area contributed by atoms with Crippen LogP contribution in [-0.4, -0.2) is 67.3 Å². The third-order valence-electron chi connectivity index (χ3n) is 6.73. The second-order valence-electron chi connectivity index (χ2n) is 9.95. The summed E-state index contributed by atoms with van der Waals surface area (Å²) in [5.41, 5.74) is 0.420. The molecule has 174 valence electrons. The van der Waals surface area contributed by atoms with E-state index < -0.39 is 0 Å². The standard InChI is InChI=1S/C23H37N3O5/c1-16-12-18(26(14-16)17-7-10-28-11-8-17)22(27)24-20-13-19(25-31-20)23(2,3)15-30-21-6-4-5-9-29-21/h13,16-18,21H,4-12,14-15H2,1-3H3,(H,24,27). The minimum Gasteiger partial charge on any atom is -0.381 e. The third kappa shape index (κ3) is 5.66. The fraction of sp³-hybridized carbons (Fsp3) is 0.826. The molecular formula is C23H37N3O5.